The van der Waals surface area contributed by atoms with Crippen molar-refractivity contribution in [1.82, 2.24) is 9.97 Å². The number of anilines is 1. The number of nitrogens with one attached hydrogen (secondary N) is 1. The molecule has 7 heteroatoms. The standard InChI is InChI=1S/C13H10ClN3O3/c1-7-8(14)3-2-4-9(7)17-12(18)10-11(13(19)20)16-6-5-15-10/h2-6H,1H3,(H,17,18)(H,19,20). The maximum absolute atomic E-state index is 12.1. The quantitative estimate of drug-likeness (QED) is 0.906. The van der Waals surface area contributed by atoms with Crippen LogP contribution in [0.25, 0.3) is 0 Å². The maximum Gasteiger partial charge on any atom is 0.356 e. The lowest BCUT2D eigenvalue weighted by Crippen LogP contribution is -2.19. The van der Waals surface area contributed by atoms with Gasteiger partial charge in [-0.3, -0.25) is 4.79 Å². The minimum absolute atomic E-state index is 0.251. The van der Waals surface area contributed by atoms with E-state index in [1.807, 2.05) is 0 Å². The van der Waals surface area contributed by atoms with E-state index in [-0.39, 0.29) is 5.69 Å². The average Bonchev–Trinajstić information content (AvgIpc) is 2.43. The zero-order valence-electron chi connectivity index (χ0n) is 10.4. The molecule has 1 amide bonds. The van der Waals surface area contributed by atoms with Crippen LogP contribution in [0.1, 0.15) is 26.5 Å². The van der Waals surface area contributed by atoms with Crippen molar-refractivity contribution in [2.75, 3.05) is 5.32 Å². The molecule has 0 unspecified atom stereocenters. The van der Waals surface area contributed by atoms with Gasteiger partial charge in [-0.15, -0.1) is 0 Å². The van der Waals surface area contributed by atoms with Crippen LogP contribution in [-0.4, -0.2) is 27.0 Å². The van der Waals surface area contributed by atoms with E-state index in [1.165, 1.54) is 12.4 Å². The highest BCUT2D eigenvalue weighted by Crippen LogP contribution is 2.23. The summed E-state index contributed by atoms with van der Waals surface area (Å²) in [6.07, 6.45) is 2.47. The zero-order chi connectivity index (χ0) is 14.7. The Morgan fingerprint density at radius 1 is 1.20 bits per heavy atom. The summed E-state index contributed by atoms with van der Waals surface area (Å²) in [4.78, 5) is 30.5. The van der Waals surface area contributed by atoms with Gasteiger partial charge in [0.2, 0.25) is 0 Å². The Morgan fingerprint density at radius 3 is 2.50 bits per heavy atom. The van der Waals surface area contributed by atoms with E-state index in [0.29, 0.717) is 16.3 Å². The average molecular weight is 292 g/mol. The van der Waals surface area contributed by atoms with Crippen molar-refractivity contribution in [2.24, 2.45) is 0 Å². The second-order valence-electron chi connectivity index (χ2n) is 3.93. The van der Waals surface area contributed by atoms with E-state index in [0.717, 1.165) is 0 Å². The molecule has 2 aromatic rings. The predicted octanol–water partition coefficient (Wildman–Crippen LogP) is 2.39. The zero-order valence-corrected chi connectivity index (χ0v) is 11.2. The van der Waals surface area contributed by atoms with Crippen LogP contribution in [0.2, 0.25) is 5.02 Å². The first kappa shape index (κ1) is 14.0. The molecule has 0 aliphatic carbocycles. The van der Waals surface area contributed by atoms with Crippen LogP contribution in [0.3, 0.4) is 0 Å². The molecule has 0 fully saturated rings. The third-order valence-electron chi connectivity index (χ3n) is 2.63. The Morgan fingerprint density at radius 2 is 1.85 bits per heavy atom. The van der Waals surface area contributed by atoms with Crippen LogP contribution in [0, 0.1) is 6.92 Å². The summed E-state index contributed by atoms with van der Waals surface area (Å²) >= 11 is 5.95. The van der Waals surface area contributed by atoms with Gasteiger partial charge in [0.25, 0.3) is 5.91 Å². The molecule has 1 aromatic heterocycles. The molecule has 0 saturated heterocycles. The summed E-state index contributed by atoms with van der Waals surface area (Å²) in [5.74, 6) is -1.97. The fraction of sp³-hybridized carbons (Fsp3) is 0.0769. The number of aromatic carboxylic acids is 1. The monoisotopic (exact) mass is 291 g/mol. The summed E-state index contributed by atoms with van der Waals surface area (Å²) in [6, 6.07) is 5.03. The Hall–Kier alpha value is -2.47. The molecule has 0 spiro atoms. The number of carbonyl (C=O) groups excluding carboxylic acids is 1. The van der Waals surface area contributed by atoms with Crippen LogP contribution in [0.15, 0.2) is 30.6 Å². The highest BCUT2D eigenvalue weighted by molar-refractivity contribution is 6.31. The summed E-state index contributed by atoms with van der Waals surface area (Å²) in [7, 11) is 0. The van der Waals surface area contributed by atoms with E-state index in [9.17, 15) is 9.59 Å². The van der Waals surface area contributed by atoms with Gasteiger partial charge in [0.05, 0.1) is 0 Å². The van der Waals surface area contributed by atoms with Gasteiger partial charge in [0.15, 0.2) is 11.4 Å². The third kappa shape index (κ3) is 2.75. The van der Waals surface area contributed by atoms with E-state index < -0.39 is 17.6 Å². The Balaban J connectivity index is 2.34. The van der Waals surface area contributed by atoms with Crippen LogP contribution >= 0.6 is 11.6 Å². The topological polar surface area (TPSA) is 92.2 Å². The molecule has 1 heterocycles. The third-order valence-corrected chi connectivity index (χ3v) is 3.04. The first-order valence-corrected chi connectivity index (χ1v) is 5.99. The smallest absolute Gasteiger partial charge is 0.356 e. The van der Waals surface area contributed by atoms with E-state index >= 15 is 0 Å². The number of halogens is 1. The number of nitrogens with zero attached hydrogens (tertiary/aromatic N) is 2. The van der Waals surface area contributed by atoms with Gasteiger partial charge in [-0.1, -0.05) is 17.7 Å². The molecule has 0 bridgehead atoms. The molecule has 102 valence electrons. The van der Waals surface area contributed by atoms with Crippen LogP contribution in [0.5, 0.6) is 0 Å². The van der Waals surface area contributed by atoms with E-state index in [1.54, 1.807) is 25.1 Å². The van der Waals surface area contributed by atoms with Crippen molar-refractivity contribution in [2.45, 2.75) is 6.92 Å². The van der Waals surface area contributed by atoms with Crippen LogP contribution in [-0.2, 0) is 0 Å². The second kappa shape index (κ2) is 5.66. The molecule has 6 nitrogen and oxygen atoms in total. The number of rotatable bonds is 3. The van der Waals surface area contributed by atoms with Gasteiger partial charge in [-0.05, 0) is 24.6 Å². The lowest BCUT2D eigenvalue weighted by Gasteiger charge is -2.09. The Bertz CT molecular complexity index is 688. The fourth-order valence-electron chi connectivity index (χ4n) is 1.59. The summed E-state index contributed by atoms with van der Waals surface area (Å²) in [6.45, 7) is 1.74. The fourth-order valence-corrected chi connectivity index (χ4v) is 1.76. The first-order valence-electron chi connectivity index (χ1n) is 5.61. The first-order chi connectivity index (χ1) is 9.50. The van der Waals surface area contributed by atoms with Crippen molar-refractivity contribution >= 4 is 29.2 Å². The Kier molecular flexibility index (Phi) is 3.95. The number of aromatic nitrogens is 2. The van der Waals surface area contributed by atoms with Gasteiger partial charge in [0.1, 0.15) is 0 Å². The number of benzene rings is 1. The number of amides is 1. The largest absolute Gasteiger partial charge is 0.476 e. The molecule has 0 saturated carbocycles. The van der Waals surface area contributed by atoms with Gasteiger partial charge in [-0.2, -0.15) is 0 Å². The molecule has 20 heavy (non-hydrogen) atoms. The molecule has 0 aliphatic rings. The van der Waals surface area contributed by atoms with E-state index in [2.05, 4.69) is 15.3 Å². The molecule has 1 aromatic carbocycles. The van der Waals surface area contributed by atoms with Gasteiger partial charge in [-0.25, -0.2) is 14.8 Å². The molecular weight excluding hydrogens is 282 g/mol. The minimum Gasteiger partial charge on any atom is -0.476 e. The van der Waals surface area contributed by atoms with Gasteiger partial charge in [0, 0.05) is 23.1 Å². The number of carboxylic acids is 1. The molecule has 0 radical (unpaired) electrons. The molecule has 0 atom stereocenters. The SMILES string of the molecule is Cc1c(Cl)cccc1NC(=O)c1nccnc1C(=O)O. The molecule has 2 N–H and O–H groups in total. The maximum atomic E-state index is 12.1. The van der Waals surface area contributed by atoms with Crippen molar-refractivity contribution < 1.29 is 14.7 Å². The molecular formula is C13H10ClN3O3. The van der Waals surface area contributed by atoms with Gasteiger partial charge < -0.3 is 10.4 Å². The molecule has 2 rings (SSSR count). The summed E-state index contributed by atoms with van der Waals surface area (Å²) in [5.41, 5.74) is 0.525. The van der Waals surface area contributed by atoms with Crippen LogP contribution < -0.4 is 5.32 Å². The number of hydrogen-bond donors (Lipinski definition) is 2. The van der Waals surface area contributed by atoms with Crippen molar-refractivity contribution in [3.05, 3.63) is 52.6 Å². The minimum atomic E-state index is -1.31. The Labute approximate surface area is 119 Å². The lowest BCUT2D eigenvalue weighted by atomic mass is 10.2. The lowest BCUT2D eigenvalue weighted by molar-refractivity contribution is 0.0685. The predicted molar refractivity (Wildman–Crippen MR) is 73.1 cm³/mol. The summed E-state index contributed by atoms with van der Waals surface area (Å²) < 4.78 is 0. The number of carbonyl (C=O) groups is 2. The molecule has 0 aliphatic heterocycles. The van der Waals surface area contributed by atoms with Crippen molar-refractivity contribution in [3.63, 3.8) is 0 Å². The van der Waals surface area contributed by atoms with Crippen LogP contribution in [0.4, 0.5) is 5.69 Å². The normalized spacial score (nSPS) is 10.1. The summed E-state index contributed by atoms with van der Waals surface area (Å²) in [5, 5.41) is 12.0. The number of carboxylic acid groups (broad SMARTS) is 1. The number of hydrogen-bond acceptors (Lipinski definition) is 4. The van der Waals surface area contributed by atoms with Crippen molar-refractivity contribution in [1.29, 1.82) is 0 Å². The van der Waals surface area contributed by atoms with E-state index in [4.69, 9.17) is 16.7 Å². The second-order valence-corrected chi connectivity index (χ2v) is 4.33. The highest BCUT2D eigenvalue weighted by Gasteiger charge is 2.20. The van der Waals surface area contributed by atoms with Gasteiger partial charge >= 0.3 is 5.97 Å². The van der Waals surface area contributed by atoms with Crippen molar-refractivity contribution in [3.8, 4) is 0 Å². The highest BCUT2D eigenvalue weighted by atomic mass is 35.5.